The maximum Gasteiger partial charge on any atom is 0.0978 e. The van der Waals surface area contributed by atoms with Gasteiger partial charge >= 0.3 is 0 Å². The number of hydrogen-bond acceptors (Lipinski definition) is 4. The normalized spacial score (nSPS) is 11.5. The van der Waals surface area contributed by atoms with Crippen LogP contribution in [0.5, 0.6) is 0 Å². The molecule has 1 aromatic heterocycles. The lowest BCUT2D eigenvalue weighted by atomic mass is 10.2. The number of aliphatic imine (C=N–C) groups is 1. The molecule has 0 unspecified atom stereocenters. The summed E-state index contributed by atoms with van der Waals surface area (Å²) in [5.74, 6) is 0. The van der Waals surface area contributed by atoms with Crippen molar-refractivity contribution in [1.29, 1.82) is 0 Å². The molecule has 0 fully saturated rings. The fraction of sp³-hybridized carbons (Fsp3) is 0.200. The zero-order chi connectivity index (χ0) is 13.3. The van der Waals surface area contributed by atoms with Crippen molar-refractivity contribution in [2.24, 2.45) is 4.99 Å². The van der Waals surface area contributed by atoms with Gasteiger partial charge in [0.2, 0.25) is 0 Å². The molecule has 0 bridgehead atoms. The summed E-state index contributed by atoms with van der Waals surface area (Å²) in [6, 6.07) is 13.9. The molecule has 2 rings (SSSR count). The Bertz CT molecular complexity index is 514. The standard InChI is InChI=1S/C15H16N2OS/c18-12-15(19-14-4-2-1-3-5-14)17-11-8-13-6-9-16-10-7-13/h1-7,9-10,18H,8,11-12H2. The Hall–Kier alpha value is -1.65. The molecule has 1 heterocycles. The van der Waals surface area contributed by atoms with Crippen molar-refractivity contribution in [1.82, 2.24) is 4.98 Å². The first kappa shape index (κ1) is 13.8. The lowest BCUT2D eigenvalue weighted by Gasteiger charge is -2.03. The van der Waals surface area contributed by atoms with Crippen LogP contribution in [0.1, 0.15) is 5.56 Å². The average Bonchev–Trinajstić information content (AvgIpc) is 2.48. The zero-order valence-electron chi connectivity index (χ0n) is 10.6. The Balaban J connectivity index is 1.89. The summed E-state index contributed by atoms with van der Waals surface area (Å²) < 4.78 is 0. The topological polar surface area (TPSA) is 45.5 Å². The largest absolute Gasteiger partial charge is 0.389 e. The number of thioether (sulfide) groups is 1. The summed E-state index contributed by atoms with van der Waals surface area (Å²) in [5.41, 5.74) is 1.21. The third-order valence-corrected chi connectivity index (χ3v) is 3.55. The van der Waals surface area contributed by atoms with E-state index in [0.717, 1.165) is 16.4 Å². The highest BCUT2D eigenvalue weighted by Gasteiger charge is 2.00. The summed E-state index contributed by atoms with van der Waals surface area (Å²) in [5, 5.41) is 10.1. The first-order valence-electron chi connectivity index (χ1n) is 6.14. The second-order valence-electron chi connectivity index (χ2n) is 3.95. The van der Waals surface area contributed by atoms with E-state index in [1.54, 1.807) is 12.4 Å². The van der Waals surface area contributed by atoms with Crippen LogP contribution >= 0.6 is 11.8 Å². The number of rotatable bonds is 5. The number of aliphatic hydroxyl groups excluding tert-OH is 1. The molecule has 4 heteroatoms. The van der Waals surface area contributed by atoms with E-state index in [9.17, 15) is 5.11 Å². The highest BCUT2D eigenvalue weighted by molar-refractivity contribution is 8.14. The lowest BCUT2D eigenvalue weighted by molar-refractivity contribution is 0.360. The third kappa shape index (κ3) is 4.85. The molecule has 0 amide bonds. The van der Waals surface area contributed by atoms with Crippen molar-refractivity contribution >= 4 is 16.8 Å². The summed E-state index contributed by atoms with van der Waals surface area (Å²) in [6.45, 7) is 0.662. The van der Waals surface area contributed by atoms with E-state index in [0.29, 0.717) is 6.54 Å². The van der Waals surface area contributed by atoms with Gasteiger partial charge in [0.1, 0.15) is 0 Å². The molecule has 1 aromatic carbocycles. The van der Waals surface area contributed by atoms with Crippen molar-refractivity contribution in [3.05, 3.63) is 60.4 Å². The molecular formula is C15H16N2OS. The summed E-state index contributed by atoms with van der Waals surface area (Å²) in [7, 11) is 0. The van der Waals surface area contributed by atoms with E-state index in [2.05, 4.69) is 9.98 Å². The van der Waals surface area contributed by atoms with Crippen molar-refractivity contribution in [3.8, 4) is 0 Å². The highest BCUT2D eigenvalue weighted by atomic mass is 32.2. The SMILES string of the molecule is OCC(=NCCc1ccncc1)Sc1ccccc1. The zero-order valence-corrected chi connectivity index (χ0v) is 11.4. The molecule has 0 aliphatic carbocycles. The molecule has 2 aromatic rings. The van der Waals surface area contributed by atoms with Crippen molar-refractivity contribution in [2.75, 3.05) is 13.2 Å². The smallest absolute Gasteiger partial charge is 0.0978 e. The van der Waals surface area contributed by atoms with Crippen LogP contribution in [0, 0.1) is 0 Å². The minimum absolute atomic E-state index is 0.0180. The van der Waals surface area contributed by atoms with Gasteiger partial charge in [-0.15, -0.1) is 0 Å². The Morgan fingerprint density at radius 1 is 1.11 bits per heavy atom. The predicted octanol–water partition coefficient (Wildman–Crippen LogP) is 2.81. The predicted molar refractivity (Wildman–Crippen MR) is 79.6 cm³/mol. The molecule has 0 radical (unpaired) electrons. The van der Waals surface area contributed by atoms with Gasteiger partial charge in [0.05, 0.1) is 11.7 Å². The van der Waals surface area contributed by atoms with E-state index in [1.807, 2.05) is 42.5 Å². The molecule has 0 spiro atoms. The van der Waals surface area contributed by atoms with Gasteiger partial charge in [-0.2, -0.15) is 0 Å². The third-order valence-electron chi connectivity index (χ3n) is 2.55. The van der Waals surface area contributed by atoms with E-state index < -0.39 is 0 Å². The van der Waals surface area contributed by atoms with Gasteiger partial charge in [0.15, 0.2) is 0 Å². The van der Waals surface area contributed by atoms with Crippen LogP contribution < -0.4 is 0 Å². The molecular weight excluding hydrogens is 256 g/mol. The fourth-order valence-corrected chi connectivity index (χ4v) is 2.38. The minimum atomic E-state index is -0.0180. The maximum absolute atomic E-state index is 9.32. The number of aliphatic hydroxyl groups is 1. The molecule has 0 atom stereocenters. The molecule has 0 aliphatic rings. The summed E-state index contributed by atoms with van der Waals surface area (Å²) in [6.07, 6.45) is 4.43. The first-order valence-corrected chi connectivity index (χ1v) is 6.96. The quantitative estimate of drug-likeness (QED) is 0.517. The van der Waals surface area contributed by atoms with E-state index in [4.69, 9.17) is 0 Å². The molecule has 0 saturated carbocycles. The van der Waals surface area contributed by atoms with Crippen LogP contribution in [-0.2, 0) is 6.42 Å². The number of pyridine rings is 1. The monoisotopic (exact) mass is 272 g/mol. The molecule has 1 N–H and O–H groups in total. The first-order chi connectivity index (χ1) is 9.38. The maximum atomic E-state index is 9.32. The molecule has 0 aliphatic heterocycles. The second kappa shape index (κ2) is 7.71. The van der Waals surface area contributed by atoms with Crippen LogP contribution in [0.3, 0.4) is 0 Å². The lowest BCUT2D eigenvalue weighted by Crippen LogP contribution is -2.01. The van der Waals surface area contributed by atoms with Gasteiger partial charge in [0, 0.05) is 23.8 Å². The fourth-order valence-electron chi connectivity index (χ4n) is 1.60. The number of benzene rings is 1. The Morgan fingerprint density at radius 3 is 2.53 bits per heavy atom. The van der Waals surface area contributed by atoms with E-state index >= 15 is 0 Å². The van der Waals surface area contributed by atoms with Crippen molar-refractivity contribution in [3.63, 3.8) is 0 Å². The van der Waals surface area contributed by atoms with Gasteiger partial charge < -0.3 is 5.11 Å². The Morgan fingerprint density at radius 2 is 1.84 bits per heavy atom. The highest BCUT2D eigenvalue weighted by Crippen LogP contribution is 2.18. The molecule has 3 nitrogen and oxygen atoms in total. The van der Waals surface area contributed by atoms with Crippen molar-refractivity contribution in [2.45, 2.75) is 11.3 Å². The second-order valence-corrected chi connectivity index (χ2v) is 5.10. The minimum Gasteiger partial charge on any atom is -0.389 e. The molecule has 19 heavy (non-hydrogen) atoms. The number of nitrogens with zero attached hydrogens (tertiary/aromatic N) is 2. The van der Waals surface area contributed by atoms with Gasteiger partial charge in [-0.25, -0.2) is 0 Å². The summed E-state index contributed by atoms with van der Waals surface area (Å²) >= 11 is 1.51. The van der Waals surface area contributed by atoms with Crippen molar-refractivity contribution < 1.29 is 5.11 Å². The van der Waals surface area contributed by atoms with Crippen LogP contribution in [0.15, 0.2) is 64.7 Å². The van der Waals surface area contributed by atoms with E-state index in [1.165, 1.54) is 17.3 Å². The average molecular weight is 272 g/mol. The number of hydrogen-bond donors (Lipinski definition) is 1. The Labute approximate surface area is 117 Å². The number of aromatic nitrogens is 1. The van der Waals surface area contributed by atoms with Crippen LogP contribution in [0.4, 0.5) is 0 Å². The summed E-state index contributed by atoms with van der Waals surface area (Å²) in [4.78, 5) is 9.52. The van der Waals surface area contributed by atoms with Crippen LogP contribution in [0.25, 0.3) is 0 Å². The van der Waals surface area contributed by atoms with Crippen LogP contribution in [-0.4, -0.2) is 28.3 Å². The molecule has 98 valence electrons. The van der Waals surface area contributed by atoms with Gasteiger partial charge in [-0.3, -0.25) is 9.98 Å². The van der Waals surface area contributed by atoms with Gasteiger partial charge in [-0.1, -0.05) is 30.0 Å². The van der Waals surface area contributed by atoms with Gasteiger partial charge in [-0.05, 0) is 36.2 Å². The van der Waals surface area contributed by atoms with Gasteiger partial charge in [0.25, 0.3) is 0 Å². The van der Waals surface area contributed by atoms with Crippen LogP contribution in [0.2, 0.25) is 0 Å². The van der Waals surface area contributed by atoms with E-state index in [-0.39, 0.29) is 6.61 Å². The molecule has 0 saturated heterocycles. The Kier molecular flexibility index (Phi) is 5.59.